The third kappa shape index (κ3) is 29.2. The number of alkyl carbamates (subject to hydrolysis) is 1. The zero-order chi connectivity index (χ0) is 28.8. The fourth-order valence-corrected chi connectivity index (χ4v) is 4.34. The Bertz CT molecular complexity index is 637. The van der Waals surface area contributed by atoms with Gasteiger partial charge in [-0.1, -0.05) is 100 Å². The maximum atomic E-state index is 12.2. The molecule has 1 atom stereocenters. The second-order valence-electron chi connectivity index (χ2n) is 11.2. The molecular weight excluding hydrogens is 486 g/mol. The van der Waals surface area contributed by atoms with Crippen molar-refractivity contribution < 1.29 is 19.4 Å². The predicted octanol–water partition coefficient (Wildman–Crippen LogP) is 9.60. The molecule has 0 aliphatic heterocycles. The van der Waals surface area contributed by atoms with Gasteiger partial charge in [0, 0.05) is 13.2 Å². The molecule has 0 fully saturated rings. The normalized spacial score (nSPS) is 12.6. The van der Waals surface area contributed by atoms with E-state index in [1.807, 2.05) is 0 Å². The van der Waals surface area contributed by atoms with Crippen molar-refractivity contribution in [1.29, 1.82) is 0 Å². The maximum absolute atomic E-state index is 12.2. The summed E-state index contributed by atoms with van der Waals surface area (Å²) in [4.78, 5) is 12.2. The van der Waals surface area contributed by atoms with Crippen LogP contribution >= 0.6 is 0 Å². The van der Waals surface area contributed by atoms with Gasteiger partial charge in [-0.15, -0.1) is 0 Å². The summed E-state index contributed by atoms with van der Waals surface area (Å²) in [5.41, 5.74) is 2.64. The predicted molar refractivity (Wildman–Crippen MR) is 167 cm³/mol. The van der Waals surface area contributed by atoms with E-state index in [2.05, 4.69) is 57.3 Å². The lowest BCUT2D eigenvalue weighted by atomic mass is 10.1. The number of amides is 1. The molecule has 0 aromatic rings. The Morgan fingerprint density at radius 2 is 1.41 bits per heavy atom. The summed E-state index contributed by atoms with van der Waals surface area (Å²) >= 11 is 0. The first-order chi connectivity index (χ1) is 19.0. The van der Waals surface area contributed by atoms with Crippen LogP contribution < -0.4 is 5.32 Å². The Balaban J connectivity index is 3.79. The van der Waals surface area contributed by atoms with Gasteiger partial charge in [0.1, 0.15) is 6.10 Å². The molecule has 1 amide bonds. The zero-order valence-corrected chi connectivity index (χ0v) is 26.1. The Labute approximate surface area is 241 Å². The number of hydrogen-bond donors (Lipinski definition) is 2. The van der Waals surface area contributed by atoms with Crippen molar-refractivity contribution in [3.8, 4) is 0 Å². The van der Waals surface area contributed by atoms with Crippen LogP contribution in [0.2, 0.25) is 0 Å². The van der Waals surface area contributed by atoms with Crippen LogP contribution in [0.4, 0.5) is 4.79 Å². The topological polar surface area (TPSA) is 67.8 Å². The van der Waals surface area contributed by atoms with Gasteiger partial charge in [0.2, 0.25) is 0 Å². The third-order valence-corrected chi connectivity index (χ3v) is 6.86. The fraction of sp³-hybridized carbons (Fsp3) is 0.794. The van der Waals surface area contributed by atoms with Crippen LogP contribution in [0.5, 0.6) is 0 Å². The molecule has 0 aromatic carbocycles. The van der Waals surface area contributed by atoms with Crippen LogP contribution in [-0.4, -0.2) is 43.7 Å². The van der Waals surface area contributed by atoms with Gasteiger partial charge in [-0.3, -0.25) is 0 Å². The summed E-state index contributed by atoms with van der Waals surface area (Å²) in [6, 6.07) is 0. The van der Waals surface area contributed by atoms with Crippen LogP contribution in [0.1, 0.15) is 143 Å². The van der Waals surface area contributed by atoms with Gasteiger partial charge in [-0.25, -0.2) is 4.79 Å². The van der Waals surface area contributed by atoms with Gasteiger partial charge in [0.25, 0.3) is 0 Å². The number of hydrogen-bond acceptors (Lipinski definition) is 4. The molecule has 39 heavy (non-hydrogen) atoms. The van der Waals surface area contributed by atoms with Crippen molar-refractivity contribution in [3.05, 3.63) is 35.5 Å². The zero-order valence-electron chi connectivity index (χ0n) is 26.1. The third-order valence-electron chi connectivity index (χ3n) is 6.86. The standard InChI is InChI=1S/C34H63NO4/c1-5-6-7-8-9-10-11-12-13-14-15-16-17-18-19-20-27-35-34(37)39-33(25-22-28-36)30-38-29-26-32(4)24-21-23-31(2)3/h12-13,23,26,33,36H,5-11,14-22,24-25,27-30H2,1-4H3,(H,35,37)/b13-12-,32-26+. The van der Waals surface area contributed by atoms with E-state index in [1.165, 1.54) is 88.2 Å². The highest BCUT2D eigenvalue weighted by Crippen LogP contribution is 2.11. The molecule has 0 spiro atoms. The summed E-state index contributed by atoms with van der Waals surface area (Å²) in [6.45, 7) is 10.2. The summed E-state index contributed by atoms with van der Waals surface area (Å²) < 4.78 is 11.3. The van der Waals surface area contributed by atoms with Crippen molar-refractivity contribution in [2.45, 2.75) is 149 Å². The number of rotatable bonds is 27. The Morgan fingerprint density at radius 1 is 0.795 bits per heavy atom. The van der Waals surface area contributed by atoms with Crippen molar-refractivity contribution in [3.63, 3.8) is 0 Å². The van der Waals surface area contributed by atoms with Crippen LogP contribution in [0.3, 0.4) is 0 Å². The first-order valence-corrected chi connectivity index (χ1v) is 16.1. The molecule has 2 N–H and O–H groups in total. The van der Waals surface area contributed by atoms with Gasteiger partial charge in [0.05, 0.1) is 13.2 Å². The van der Waals surface area contributed by atoms with E-state index in [0.29, 0.717) is 32.6 Å². The molecule has 0 heterocycles. The highest BCUT2D eigenvalue weighted by Gasteiger charge is 2.14. The number of aliphatic hydroxyl groups excluding tert-OH is 1. The molecule has 228 valence electrons. The number of aliphatic hydroxyl groups is 1. The van der Waals surface area contributed by atoms with Crippen LogP contribution in [0, 0.1) is 0 Å². The van der Waals surface area contributed by atoms with Gasteiger partial charge < -0.3 is 19.9 Å². The van der Waals surface area contributed by atoms with E-state index >= 15 is 0 Å². The number of carbonyl (C=O) groups excluding carboxylic acids is 1. The fourth-order valence-electron chi connectivity index (χ4n) is 4.34. The lowest BCUT2D eigenvalue weighted by Crippen LogP contribution is -2.32. The molecule has 5 heteroatoms. The minimum atomic E-state index is -0.386. The minimum Gasteiger partial charge on any atom is -0.444 e. The molecule has 0 aliphatic rings. The first-order valence-electron chi connectivity index (χ1n) is 16.1. The van der Waals surface area contributed by atoms with Crippen molar-refractivity contribution >= 4 is 6.09 Å². The largest absolute Gasteiger partial charge is 0.444 e. The molecule has 0 saturated heterocycles. The van der Waals surface area contributed by atoms with E-state index < -0.39 is 0 Å². The summed E-state index contributed by atoms with van der Waals surface area (Å²) in [6.07, 6.45) is 29.4. The average Bonchev–Trinajstić information content (AvgIpc) is 2.91. The number of allylic oxidation sites excluding steroid dienone is 5. The first kappa shape index (κ1) is 37.4. The van der Waals surface area contributed by atoms with Crippen molar-refractivity contribution in [1.82, 2.24) is 5.32 Å². The molecule has 0 radical (unpaired) electrons. The minimum absolute atomic E-state index is 0.0837. The van der Waals surface area contributed by atoms with E-state index in [0.717, 1.165) is 25.7 Å². The van der Waals surface area contributed by atoms with Gasteiger partial charge in [-0.2, -0.15) is 0 Å². The quantitative estimate of drug-likeness (QED) is 0.0790. The number of carbonyl (C=O) groups is 1. The lowest BCUT2D eigenvalue weighted by Gasteiger charge is -2.18. The summed E-state index contributed by atoms with van der Waals surface area (Å²) in [5, 5.41) is 12.0. The second-order valence-corrected chi connectivity index (χ2v) is 11.2. The molecule has 0 saturated carbocycles. The van der Waals surface area contributed by atoms with Gasteiger partial charge >= 0.3 is 6.09 Å². The van der Waals surface area contributed by atoms with Crippen LogP contribution in [0.15, 0.2) is 35.5 Å². The van der Waals surface area contributed by atoms with E-state index in [1.54, 1.807) is 0 Å². The summed E-state index contributed by atoms with van der Waals surface area (Å²) in [7, 11) is 0. The Hall–Kier alpha value is -1.59. The van der Waals surface area contributed by atoms with Crippen LogP contribution in [-0.2, 0) is 9.47 Å². The van der Waals surface area contributed by atoms with E-state index in [-0.39, 0.29) is 18.8 Å². The smallest absolute Gasteiger partial charge is 0.407 e. The van der Waals surface area contributed by atoms with Crippen molar-refractivity contribution in [2.75, 3.05) is 26.4 Å². The number of unbranched alkanes of at least 4 members (excludes halogenated alkanes) is 12. The molecule has 0 rings (SSSR count). The SMILES string of the molecule is CCCCCCCC/C=C\CCCCCCCCNC(=O)OC(CCCO)COC/C=C(\C)CCC=C(C)C. The van der Waals surface area contributed by atoms with E-state index in [4.69, 9.17) is 14.6 Å². The van der Waals surface area contributed by atoms with Crippen LogP contribution in [0.25, 0.3) is 0 Å². The number of nitrogens with one attached hydrogen (secondary N) is 1. The highest BCUT2D eigenvalue weighted by atomic mass is 16.6. The maximum Gasteiger partial charge on any atom is 0.407 e. The number of ether oxygens (including phenoxy) is 2. The molecular formula is C34H63NO4. The second kappa shape index (κ2) is 29.4. The van der Waals surface area contributed by atoms with Gasteiger partial charge in [0.15, 0.2) is 0 Å². The monoisotopic (exact) mass is 549 g/mol. The molecule has 0 bridgehead atoms. The molecule has 0 aliphatic carbocycles. The van der Waals surface area contributed by atoms with Gasteiger partial charge in [-0.05, 0) is 78.6 Å². The Morgan fingerprint density at radius 3 is 2.03 bits per heavy atom. The van der Waals surface area contributed by atoms with Crippen molar-refractivity contribution in [2.24, 2.45) is 0 Å². The Kier molecular flexibility index (Phi) is 28.2. The summed E-state index contributed by atoms with van der Waals surface area (Å²) in [5.74, 6) is 0. The molecule has 1 unspecified atom stereocenters. The molecule has 5 nitrogen and oxygen atoms in total. The molecule has 0 aromatic heterocycles. The average molecular weight is 550 g/mol. The highest BCUT2D eigenvalue weighted by molar-refractivity contribution is 5.67. The van der Waals surface area contributed by atoms with E-state index in [9.17, 15) is 4.79 Å². The lowest BCUT2D eigenvalue weighted by molar-refractivity contribution is 0.0215.